The van der Waals surface area contributed by atoms with Gasteiger partial charge in [-0.15, -0.1) is 0 Å². The van der Waals surface area contributed by atoms with Crippen molar-refractivity contribution in [2.24, 2.45) is 0 Å². The fourth-order valence-corrected chi connectivity index (χ4v) is 4.10. The van der Waals surface area contributed by atoms with Crippen LogP contribution in [0.3, 0.4) is 0 Å². The highest BCUT2D eigenvalue weighted by molar-refractivity contribution is 7.92. The summed E-state index contributed by atoms with van der Waals surface area (Å²) in [5.74, 6) is -0.162. The summed E-state index contributed by atoms with van der Waals surface area (Å²) in [6, 6.07) is 13.0. The van der Waals surface area contributed by atoms with Crippen molar-refractivity contribution in [1.82, 2.24) is 5.32 Å². The first-order valence-electron chi connectivity index (χ1n) is 9.36. The molecule has 6 heteroatoms. The molecule has 5 nitrogen and oxygen atoms in total. The van der Waals surface area contributed by atoms with Crippen molar-refractivity contribution in [3.63, 3.8) is 0 Å². The van der Waals surface area contributed by atoms with Crippen LogP contribution in [0, 0.1) is 0 Å². The Morgan fingerprint density at radius 2 is 1.70 bits per heavy atom. The second-order valence-electron chi connectivity index (χ2n) is 7.12. The molecule has 0 heterocycles. The largest absolute Gasteiger partial charge is 0.345 e. The van der Waals surface area contributed by atoms with Gasteiger partial charge in [-0.1, -0.05) is 25.1 Å². The lowest BCUT2D eigenvalue weighted by Crippen LogP contribution is -2.28. The lowest BCUT2D eigenvalue weighted by Gasteiger charge is -2.22. The van der Waals surface area contributed by atoms with Crippen molar-refractivity contribution in [2.45, 2.75) is 45.1 Å². The predicted molar refractivity (Wildman–Crippen MR) is 108 cm³/mol. The SMILES string of the molecule is CCC(NC(=O)c1ccc(NS(C)(=O)=O)cc1)c1ccc2c(c1)CCCC2. The number of amides is 1. The van der Waals surface area contributed by atoms with E-state index in [1.165, 1.54) is 24.0 Å². The zero-order valence-electron chi connectivity index (χ0n) is 15.8. The molecular formula is C21H26N2O3S. The van der Waals surface area contributed by atoms with Gasteiger partial charge in [-0.2, -0.15) is 0 Å². The van der Waals surface area contributed by atoms with E-state index in [0.29, 0.717) is 11.3 Å². The quantitative estimate of drug-likeness (QED) is 0.792. The van der Waals surface area contributed by atoms with Crippen LogP contribution in [0.25, 0.3) is 0 Å². The van der Waals surface area contributed by atoms with Gasteiger partial charge in [0.2, 0.25) is 10.0 Å². The smallest absolute Gasteiger partial charge is 0.251 e. The molecular weight excluding hydrogens is 360 g/mol. The monoisotopic (exact) mass is 386 g/mol. The predicted octanol–water partition coefficient (Wildman–Crippen LogP) is 3.82. The van der Waals surface area contributed by atoms with Crippen LogP contribution in [0.5, 0.6) is 0 Å². The Hall–Kier alpha value is -2.34. The highest BCUT2D eigenvalue weighted by Crippen LogP contribution is 2.26. The maximum atomic E-state index is 12.6. The molecule has 0 saturated heterocycles. The van der Waals surface area contributed by atoms with E-state index in [4.69, 9.17) is 0 Å². The molecule has 1 aliphatic carbocycles. The first-order chi connectivity index (χ1) is 12.9. The standard InChI is InChI=1S/C21H26N2O3S/c1-3-20(18-9-8-15-6-4-5-7-17(15)14-18)22-21(24)16-10-12-19(13-11-16)23-27(2,25)26/h8-14,20,23H,3-7H2,1-2H3,(H,22,24). The van der Waals surface area contributed by atoms with Crippen molar-refractivity contribution in [3.8, 4) is 0 Å². The molecule has 0 aliphatic heterocycles. The molecule has 144 valence electrons. The van der Waals surface area contributed by atoms with Crippen molar-refractivity contribution >= 4 is 21.6 Å². The highest BCUT2D eigenvalue weighted by atomic mass is 32.2. The molecule has 2 N–H and O–H groups in total. The third kappa shape index (κ3) is 5.10. The Balaban J connectivity index is 1.71. The van der Waals surface area contributed by atoms with Crippen LogP contribution in [0.4, 0.5) is 5.69 Å². The summed E-state index contributed by atoms with van der Waals surface area (Å²) in [7, 11) is -3.33. The van der Waals surface area contributed by atoms with Crippen LogP contribution in [0.1, 0.15) is 59.3 Å². The van der Waals surface area contributed by atoms with Crippen LogP contribution in [-0.2, 0) is 22.9 Å². The van der Waals surface area contributed by atoms with Gasteiger partial charge in [0.25, 0.3) is 5.91 Å². The van der Waals surface area contributed by atoms with Gasteiger partial charge >= 0.3 is 0 Å². The summed E-state index contributed by atoms with van der Waals surface area (Å²) in [6.45, 7) is 2.06. The molecule has 3 rings (SSSR count). The second-order valence-corrected chi connectivity index (χ2v) is 8.87. The van der Waals surface area contributed by atoms with E-state index < -0.39 is 10.0 Å². The van der Waals surface area contributed by atoms with E-state index in [2.05, 4.69) is 35.2 Å². The minimum Gasteiger partial charge on any atom is -0.345 e. The van der Waals surface area contributed by atoms with Crippen molar-refractivity contribution in [1.29, 1.82) is 0 Å². The number of benzene rings is 2. The van der Waals surface area contributed by atoms with E-state index in [9.17, 15) is 13.2 Å². The Morgan fingerprint density at radius 1 is 1.04 bits per heavy atom. The van der Waals surface area contributed by atoms with Gasteiger partial charge in [-0.25, -0.2) is 8.42 Å². The number of hydrogen-bond acceptors (Lipinski definition) is 3. The zero-order valence-corrected chi connectivity index (χ0v) is 16.6. The number of aryl methyl sites for hydroxylation is 2. The van der Waals surface area contributed by atoms with Crippen LogP contribution in [0.2, 0.25) is 0 Å². The van der Waals surface area contributed by atoms with E-state index in [1.54, 1.807) is 24.3 Å². The third-order valence-corrected chi connectivity index (χ3v) is 5.55. The van der Waals surface area contributed by atoms with Gasteiger partial charge in [0.1, 0.15) is 0 Å². The van der Waals surface area contributed by atoms with Crippen molar-refractivity contribution in [3.05, 3.63) is 64.7 Å². The minimum atomic E-state index is -3.33. The normalized spacial score (nSPS) is 14.9. The molecule has 0 bridgehead atoms. The van der Waals surface area contributed by atoms with E-state index in [1.807, 2.05) is 0 Å². The molecule has 0 fully saturated rings. The number of carbonyl (C=O) groups is 1. The fourth-order valence-electron chi connectivity index (χ4n) is 3.54. The van der Waals surface area contributed by atoms with Gasteiger partial charge in [-0.3, -0.25) is 9.52 Å². The van der Waals surface area contributed by atoms with E-state index in [-0.39, 0.29) is 11.9 Å². The molecule has 1 aliphatic rings. The molecule has 0 saturated carbocycles. The summed E-state index contributed by atoms with van der Waals surface area (Å²) in [5.41, 5.74) is 4.92. The van der Waals surface area contributed by atoms with Gasteiger partial charge in [0.05, 0.1) is 12.3 Å². The first-order valence-corrected chi connectivity index (χ1v) is 11.3. The zero-order chi connectivity index (χ0) is 19.4. The summed E-state index contributed by atoms with van der Waals surface area (Å²) in [6.07, 6.45) is 6.64. The number of fused-ring (bicyclic) bond motifs is 1. The minimum absolute atomic E-state index is 0.0430. The molecule has 1 unspecified atom stereocenters. The number of rotatable bonds is 6. The molecule has 0 spiro atoms. The molecule has 2 aromatic carbocycles. The summed E-state index contributed by atoms with van der Waals surface area (Å²) in [4.78, 5) is 12.6. The topological polar surface area (TPSA) is 75.3 Å². The lowest BCUT2D eigenvalue weighted by atomic mass is 9.88. The van der Waals surface area contributed by atoms with Gasteiger partial charge in [0.15, 0.2) is 0 Å². The van der Waals surface area contributed by atoms with Crippen LogP contribution >= 0.6 is 0 Å². The lowest BCUT2D eigenvalue weighted by molar-refractivity contribution is 0.0935. The summed E-state index contributed by atoms with van der Waals surface area (Å²) >= 11 is 0. The Morgan fingerprint density at radius 3 is 2.33 bits per heavy atom. The number of hydrogen-bond donors (Lipinski definition) is 2. The second kappa shape index (κ2) is 8.13. The van der Waals surface area contributed by atoms with E-state index >= 15 is 0 Å². The number of nitrogens with one attached hydrogen (secondary N) is 2. The van der Waals surface area contributed by atoms with Crippen LogP contribution in [-0.4, -0.2) is 20.6 Å². The number of sulfonamides is 1. The maximum Gasteiger partial charge on any atom is 0.251 e. The van der Waals surface area contributed by atoms with Gasteiger partial charge < -0.3 is 5.32 Å². The average molecular weight is 387 g/mol. The van der Waals surface area contributed by atoms with E-state index in [0.717, 1.165) is 31.1 Å². The average Bonchev–Trinajstić information content (AvgIpc) is 2.65. The van der Waals surface area contributed by atoms with Crippen LogP contribution in [0.15, 0.2) is 42.5 Å². The Kier molecular flexibility index (Phi) is 5.85. The molecule has 0 aromatic heterocycles. The Labute approximate surface area is 161 Å². The number of carbonyl (C=O) groups excluding carboxylic acids is 1. The third-order valence-electron chi connectivity index (χ3n) is 4.94. The van der Waals surface area contributed by atoms with Crippen molar-refractivity contribution < 1.29 is 13.2 Å². The van der Waals surface area contributed by atoms with Gasteiger partial charge in [-0.05, 0) is 73.1 Å². The Bertz CT molecular complexity index is 921. The van der Waals surface area contributed by atoms with Gasteiger partial charge in [0, 0.05) is 11.3 Å². The van der Waals surface area contributed by atoms with Crippen LogP contribution < -0.4 is 10.0 Å². The highest BCUT2D eigenvalue weighted by Gasteiger charge is 2.17. The van der Waals surface area contributed by atoms with Crippen molar-refractivity contribution in [2.75, 3.05) is 11.0 Å². The maximum absolute atomic E-state index is 12.6. The molecule has 1 atom stereocenters. The molecule has 2 aromatic rings. The first kappa shape index (κ1) is 19.4. The fraction of sp³-hybridized carbons (Fsp3) is 0.381. The summed E-state index contributed by atoms with van der Waals surface area (Å²) in [5, 5.41) is 3.10. The molecule has 0 radical (unpaired) electrons. The molecule has 1 amide bonds. The summed E-state index contributed by atoms with van der Waals surface area (Å²) < 4.78 is 24.9. The molecule has 27 heavy (non-hydrogen) atoms. The number of anilines is 1.